The van der Waals surface area contributed by atoms with Gasteiger partial charge in [0.2, 0.25) is 0 Å². The lowest BCUT2D eigenvalue weighted by Gasteiger charge is -2.16. The van der Waals surface area contributed by atoms with Crippen molar-refractivity contribution in [1.82, 2.24) is 0 Å². The van der Waals surface area contributed by atoms with E-state index in [1.54, 1.807) is 7.11 Å². The van der Waals surface area contributed by atoms with E-state index < -0.39 is 0 Å². The molecule has 21 heavy (non-hydrogen) atoms. The first-order valence-corrected chi connectivity index (χ1v) is 8.49. The molecule has 2 rings (SSSR count). The Kier molecular flexibility index (Phi) is 5.86. The Bertz CT molecular complexity index is 575. The molecule has 2 heteroatoms. The van der Waals surface area contributed by atoms with Crippen molar-refractivity contribution in [2.24, 2.45) is 5.92 Å². The number of halogens is 1. The third-order valence-electron chi connectivity index (χ3n) is 3.91. The molecule has 0 radical (unpaired) electrons. The van der Waals surface area contributed by atoms with Crippen molar-refractivity contribution >= 4 is 15.9 Å². The molecule has 1 nitrogen and oxygen atoms in total. The van der Waals surface area contributed by atoms with Gasteiger partial charge in [-0.15, -0.1) is 0 Å². The maximum absolute atomic E-state index is 5.22. The van der Waals surface area contributed by atoms with Crippen LogP contribution in [0.4, 0.5) is 0 Å². The molecule has 0 spiro atoms. The fraction of sp³-hybridized carbons (Fsp3) is 0.368. The van der Waals surface area contributed by atoms with Crippen molar-refractivity contribution in [3.63, 3.8) is 0 Å². The van der Waals surface area contributed by atoms with Crippen LogP contribution in [-0.2, 0) is 12.8 Å². The predicted octanol–water partition coefficient (Wildman–Crippen LogP) is 5.11. The Labute approximate surface area is 136 Å². The average molecular weight is 347 g/mol. The number of aryl methyl sites for hydroxylation is 2. The summed E-state index contributed by atoms with van der Waals surface area (Å²) in [6, 6.07) is 15.1. The van der Waals surface area contributed by atoms with E-state index in [0.29, 0.717) is 5.92 Å². The van der Waals surface area contributed by atoms with Gasteiger partial charge in [0, 0.05) is 5.33 Å². The van der Waals surface area contributed by atoms with Gasteiger partial charge in [-0.2, -0.15) is 0 Å². The first-order valence-electron chi connectivity index (χ1n) is 7.37. The van der Waals surface area contributed by atoms with Crippen molar-refractivity contribution < 1.29 is 4.74 Å². The summed E-state index contributed by atoms with van der Waals surface area (Å²) in [6.07, 6.45) is 2.20. The summed E-state index contributed by atoms with van der Waals surface area (Å²) in [5.41, 5.74) is 5.56. The highest BCUT2D eigenvalue weighted by molar-refractivity contribution is 9.09. The van der Waals surface area contributed by atoms with Crippen molar-refractivity contribution in [2.75, 3.05) is 12.4 Å². The average Bonchev–Trinajstić information content (AvgIpc) is 2.51. The molecule has 0 aliphatic rings. The van der Waals surface area contributed by atoms with Gasteiger partial charge < -0.3 is 4.74 Å². The molecule has 0 amide bonds. The minimum atomic E-state index is 0.610. The molecule has 112 valence electrons. The summed E-state index contributed by atoms with van der Waals surface area (Å²) in [5, 5.41) is 1.02. The first-order chi connectivity index (χ1) is 10.1. The highest BCUT2D eigenvalue weighted by atomic mass is 79.9. The Balaban J connectivity index is 2.07. The first kappa shape index (κ1) is 16.1. The number of ether oxygens (including phenoxy) is 1. The van der Waals surface area contributed by atoms with Gasteiger partial charge >= 0.3 is 0 Å². The molecule has 0 bridgehead atoms. The number of hydrogen-bond donors (Lipinski definition) is 0. The predicted molar refractivity (Wildman–Crippen MR) is 93.6 cm³/mol. The third-order valence-corrected chi connectivity index (χ3v) is 4.83. The number of methoxy groups -OCH3 is 1. The zero-order chi connectivity index (χ0) is 15.2. The largest absolute Gasteiger partial charge is 0.497 e. The van der Waals surface area contributed by atoms with Crippen molar-refractivity contribution in [3.05, 3.63) is 64.7 Å². The van der Waals surface area contributed by atoms with E-state index in [2.05, 4.69) is 60.1 Å². The van der Waals surface area contributed by atoms with E-state index in [0.717, 1.165) is 23.9 Å². The second kappa shape index (κ2) is 7.65. The Morgan fingerprint density at radius 2 is 1.71 bits per heavy atom. The second-order valence-corrected chi connectivity index (χ2v) is 6.35. The van der Waals surface area contributed by atoms with Crippen molar-refractivity contribution in [3.8, 4) is 5.75 Å². The number of alkyl halides is 1. The number of benzene rings is 2. The van der Waals surface area contributed by atoms with Gasteiger partial charge in [0.15, 0.2) is 0 Å². The monoisotopic (exact) mass is 346 g/mol. The normalized spacial score (nSPS) is 12.2. The number of hydrogen-bond acceptors (Lipinski definition) is 1. The van der Waals surface area contributed by atoms with Crippen LogP contribution in [0, 0.1) is 19.8 Å². The molecule has 0 heterocycles. The summed E-state index contributed by atoms with van der Waals surface area (Å²) in [5.74, 6) is 1.53. The summed E-state index contributed by atoms with van der Waals surface area (Å²) < 4.78 is 5.22. The molecule has 1 unspecified atom stereocenters. The zero-order valence-electron chi connectivity index (χ0n) is 13.0. The highest BCUT2D eigenvalue weighted by Crippen LogP contribution is 2.21. The summed E-state index contributed by atoms with van der Waals surface area (Å²) >= 11 is 3.68. The molecule has 0 saturated carbocycles. The SMILES string of the molecule is COc1ccc(CC(CBr)Cc2cc(C)ccc2C)cc1. The Hall–Kier alpha value is -1.28. The molecule has 0 fully saturated rings. The van der Waals surface area contributed by atoms with Crippen LogP contribution in [0.5, 0.6) is 5.75 Å². The molecule has 2 aromatic carbocycles. The third kappa shape index (κ3) is 4.60. The van der Waals surface area contributed by atoms with Crippen LogP contribution in [0.1, 0.15) is 22.3 Å². The van der Waals surface area contributed by atoms with Gasteiger partial charge in [-0.3, -0.25) is 0 Å². The highest BCUT2D eigenvalue weighted by Gasteiger charge is 2.11. The minimum Gasteiger partial charge on any atom is -0.497 e. The molecule has 0 N–H and O–H groups in total. The molecule has 0 saturated heterocycles. The van der Waals surface area contributed by atoms with Crippen LogP contribution < -0.4 is 4.74 Å². The van der Waals surface area contributed by atoms with E-state index in [9.17, 15) is 0 Å². The van der Waals surface area contributed by atoms with E-state index in [4.69, 9.17) is 4.74 Å². The molecular weight excluding hydrogens is 324 g/mol. The molecule has 0 aliphatic heterocycles. The van der Waals surface area contributed by atoms with Gasteiger partial charge in [0.25, 0.3) is 0 Å². The van der Waals surface area contributed by atoms with Crippen LogP contribution >= 0.6 is 15.9 Å². The molecule has 2 aromatic rings. The van der Waals surface area contributed by atoms with E-state index in [1.165, 1.54) is 22.3 Å². The molecule has 1 atom stereocenters. The topological polar surface area (TPSA) is 9.23 Å². The molecular formula is C19H23BrO. The Morgan fingerprint density at radius 3 is 2.33 bits per heavy atom. The summed E-state index contributed by atoms with van der Waals surface area (Å²) in [6.45, 7) is 4.36. The minimum absolute atomic E-state index is 0.610. The maximum atomic E-state index is 5.22. The van der Waals surface area contributed by atoms with Crippen LogP contribution in [0.2, 0.25) is 0 Å². The van der Waals surface area contributed by atoms with Crippen LogP contribution in [0.25, 0.3) is 0 Å². The maximum Gasteiger partial charge on any atom is 0.118 e. The molecule has 0 aliphatic carbocycles. The fourth-order valence-corrected chi connectivity index (χ4v) is 3.07. The summed E-state index contributed by atoms with van der Waals surface area (Å²) in [4.78, 5) is 0. The molecule has 0 aromatic heterocycles. The van der Waals surface area contributed by atoms with E-state index >= 15 is 0 Å². The van der Waals surface area contributed by atoms with E-state index in [1.807, 2.05) is 12.1 Å². The van der Waals surface area contributed by atoms with Crippen LogP contribution in [0.3, 0.4) is 0 Å². The zero-order valence-corrected chi connectivity index (χ0v) is 14.6. The lowest BCUT2D eigenvalue weighted by Crippen LogP contribution is -2.11. The second-order valence-electron chi connectivity index (χ2n) is 5.71. The Morgan fingerprint density at radius 1 is 1.00 bits per heavy atom. The number of rotatable bonds is 6. The lowest BCUT2D eigenvalue weighted by molar-refractivity contribution is 0.414. The smallest absolute Gasteiger partial charge is 0.118 e. The van der Waals surface area contributed by atoms with Gasteiger partial charge in [-0.1, -0.05) is 51.8 Å². The summed E-state index contributed by atoms with van der Waals surface area (Å²) in [7, 11) is 1.71. The van der Waals surface area contributed by atoms with Gasteiger partial charge in [-0.05, 0) is 61.4 Å². The van der Waals surface area contributed by atoms with E-state index in [-0.39, 0.29) is 0 Å². The fourth-order valence-electron chi connectivity index (χ4n) is 2.61. The van der Waals surface area contributed by atoms with Crippen molar-refractivity contribution in [1.29, 1.82) is 0 Å². The van der Waals surface area contributed by atoms with Crippen LogP contribution in [0.15, 0.2) is 42.5 Å². The van der Waals surface area contributed by atoms with Crippen LogP contribution in [-0.4, -0.2) is 12.4 Å². The standard InChI is InChI=1S/C19H23BrO/c1-14-4-5-15(2)18(10-14)12-17(13-20)11-16-6-8-19(21-3)9-7-16/h4-10,17H,11-13H2,1-3H3. The van der Waals surface area contributed by atoms with Gasteiger partial charge in [0.05, 0.1) is 7.11 Å². The quantitative estimate of drug-likeness (QED) is 0.660. The van der Waals surface area contributed by atoms with Gasteiger partial charge in [-0.25, -0.2) is 0 Å². The van der Waals surface area contributed by atoms with Gasteiger partial charge in [0.1, 0.15) is 5.75 Å². The van der Waals surface area contributed by atoms with Crippen molar-refractivity contribution in [2.45, 2.75) is 26.7 Å². The lowest BCUT2D eigenvalue weighted by atomic mass is 9.91.